The Balaban J connectivity index is 1.08. The zero-order valence-corrected chi connectivity index (χ0v) is 21.2. The molecule has 0 saturated carbocycles. The molecule has 0 radical (unpaired) electrons. The van der Waals surface area contributed by atoms with Crippen molar-refractivity contribution in [2.45, 2.75) is 43.5 Å². The average Bonchev–Trinajstić information content (AvgIpc) is 3.63. The fraction of sp³-hybridized carbons (Fsp3) is 0.414. The summed E-state index contributed by atoms with van der Waals surface area (Å²) < 4.78 is 5.69. The van der Waals surface area contributed by atoms with E-state index < -0.39 is 0 Å². The minimum Gasteiger partial charge on any atom is -0.507 e. The summed E-state index contributed by atoms with van der Waals surface area (Å²) in [6, 6.07) is 14.6. The number of phenolic OH excluding ortho intramolecular Hbond substituents is 1. The third-order valence-corrected chi connectivity index (χ3v) is 8.36. The van der Waals surface area contributed by atoms with Crippen LogP contribution in [-0.2, 0) is 4.74 Å². The number of likely N-dealkylation sites (tertiary alicyclic amines) is 1. The van der Waals surface area contributed by atoms with Crippen LogP contribution in [0.25, 0.3) is 11.3 Å². The summed E-state index contributed by atoms with van der Waals surface area (Å²) in [5.41, 5.74) is 10.4. The smallest absolute Gasteiger partial charge is 0.169 e. The second-order valence-corrected chi connectivity index (χ2v) is 10.7. The standard InChI is InChI=1S/C29H31N7O2/c30-29-27(14-26(32-33-29)25-5-1-2-6-28(25)37)35-15-21-7-8-22(16-35)36(21)20-9-10-31-19(12-20)4-3-11-34-17-24-13-23(34)18-38-24/h1-2,5-6,9-10,12,14,21-24,37H,7-8,11,13,15-18H2,(H2,30,33). The first-order valence-corrected chi connectivity index (χ1v) is 13.4. The first-order chi connectivity index (χ1) is 18.6. The third kappa shape index (κ3) is 4.20. The lowest BCUT2D eigenvalue weighted by atomic mass is 10.1. The summed E-state index contributed by atoms with van der Waals surface area (Å²) in [5.74, 6) is 7.23. The van der Waals surface area contributed by atoms with Gasteiger partial charge in [0.25, 0.3) is 0 Å². The molecule has 194 valence electrons. The number of para-hydroxylation sites is 1. The molecule has 0 aliphatic carbocycles. The van der Waals surface area contributed by atoms with Crippen LogP contribution in [0.5, 0.6) is 5.75 Å². The zero-order valence-electron chi connectivity index (χ0n) is 21.2. The van der Waals surface area contributed by atoms with Crippen LogP contribution >= 0.6 is 0 Å². The molecule has 7 rings (SSSR count). The van der Waals surface area contributed by atoms with Crippen molar-refractivity contribution in [1.29, 1.82) is 0 Å². The van der Waals surface area contributed by atoms with Crippen LogP contribution in [0.2, 0.25) is 0 Å². The lowest BCUT2D eigenvalue weighted by Crippen LogP contribution is -2.54. The van der Waals surface area contributed by atoms with E-state index in [0.717, 1.165) is 63.4 Å². The number of anilines is 3. The summed E-state index contributed by atoms with van der Waals surface area (Å²) in [5, 5.41) is 18.8. The maximum absolute atomic E-state index is 10.3. The Labute approximate surface area is 222 Å². The molecular formula is C29H31N7O2. The van der Waals surface area contributed by atoms with Crippen molar-refractivity contribution >= 4 is 17.2 Å². The monoisotopic (exact) mass is 509 g/mol. The first-order valence-electron chi connectivity index (χ1n) is 13.4. The Bertz CT molecular complexity index is 1410. The van der Waals surface area contributed by atoms with Gasteiger partial charge in [-0.1, -0.05) is 18.1 Å². The molecule has 2 aromatic heterocycles. The maximum atomic E-state index is 10.3. The molecule has 0 amide bonds. The molecule has 0 spiro atoms. The predicted molar refractivity (Wildman–Crippen MR) is 146 cm³/mol. The third-order valence-electron chi connectivity index (χ3n) is 8.36. The van der Waals surface area contributed by atoms with E-state index in [4.69, 9.17) is 10.5 Å². The number of nitrogens with two attached hydrogens (primary N) is 1. The van der Waals surface area contributed by atoms with Gasteiger partial charge in [0.1, 0.15) is 11.4 Å². The molecule has 3 N–H and O–H groups in total. The minimum absolute atomic E-state index is 0.181. The summed E-state index contributed by atoms with van der Waals surface area (Å²) in [6.07, 6.45) is 5.65. The number of ether oxygens (including phenoxy) is 1. The second kappa shape index (κ2) is 9.46. The fourth-order valence-corrected chi connectivity index (χ4v) is 6.54. The summed E-state index contributed by atoms with van der Waals surface area (Å²) in [7, 11) is 0. The van der Waals surface area contributed by atoms with Crippen molar-refractivity contribution in [3.8, 4) is 28.8 Å². The number of hydrogen-bond donors (Lipinski definition) is 2. The SMILES string of the molecule is Nc1nnc(-c2ccccc2O)cc1N1CC2CCC(C1)N2c1ccnc(C#CCN2CC3CC2CO3)c1. The topological polar surface area (TPSA) is 104 Å². The van der Waals surface area contributed by atoms with E-state index in [2.05, 4.69) is 53.9 Å². The Hall–Kier alpha value is -3.87. The second-order valence-electron chi connectivity index (χ2n) is 10.7. The normalized spacial score (nSPS) is 26.0. The number of hydrogen-bond acceptors (Lipinski definition) is 9. The molecule has 4 aliphatic rings. The largest absolute Gasteiger partial charge is 0.507 e. The number of piperazine rings is 1. The van der Waals surface area contributed by atoms with Crippen LogP contribution in [0.1, 0.15) is 25.0 Å². The number of nitrogens with zero attached hydrogens (tertiary/aromatic N) is 6. The van der Waals surface area contributed by atoms with E-state index in [1.165, 1.54) is 5.69 Å². The molecule has 1 aromatic carbocycles. The molecule has 9 heteroatoms. The molecule has 38 heavy (non-hydrogen) atoms. The van der Waals surface area contributed by atoms with Gasteiger partial charge in [0, 0.05) is 55.2 Å². The average molecular weight is 510 g/mol. The highest BCUT2D eigenvalue weighted by Crippen LogP contribution is 2.39. The molecule has 3 aromatic rings. The molecule has 4 unspecified atom stereocenters. The first kappa shape index (κ1) is 23.3. The van der Waals surface area contributed by atoms with Gasteiger partial charge in [-0.05, 0) is 55.5 Å². The Morgan fingerprint density at radius 3 is 2.63 bits per heavy atom. The predicted octanol–water partition coefficient (Wildman–Crippen LogP) is 2.51. The number of benzene rings is 1. The molecular weight excluding hydrogens is 478 g/mol. The van der Waals surface area contributed by atoms with Crippen LogP contribution in [0.15, 0.2) is 48.7 Å². The van der Waals surface area contributed by atoms with E-state index in [1.807, 2.05) is 24.4 Å². The Morgan fingerprint density at radius 2 is 1.87 bits per heavy atom. The highest BCUT2D eigenvalue weighted by molar-refractivity contribution is 5.74. The van der Waals surface area contributed by atoms with E-state index in [1.54, 1.807) is 12.1 Å². The number of rotatable bonds is 4. The van der Waals surface area contributed by atoms with Crippen molar-refractivity contribution in [2.75, 3.05) is 48.3 Å². The van der Waals surface area contributed by atoms with E-state index >= 15 is 0 Å². The molecule has 9 nitrogen and oxygen atoms in total. The van der Waals surface area contributed by atoms with Gasteiger partial charge in [-0.2, -0.15) is 0 Å². The van der Waals surface area contributed by atoms with Crippen LogP contribution in [0, 0.1) is 11.8 Å². The number of morpholine rings is 1. The maximum Gasteiger partial charge on any atom is 0.169 e. The lowest BCUT2D eigenvalue weighted by Gasteiger charge is -2.43. The van der Waals surface area contributed by atoms with Gasteiger partial charge in [0.05, 0.1) is 30.6 Å². The fourth-order valence-electron chi connectivity index (χ4n) is 6.54. The van der Waals surface area contributed by atoms with Gasteiger partial charge in [-0.25, -0.2) is 4.98 Å². The van der Waals surface area contributed by atoms with Crippen molar-refractivity contribution in [2.24, 2.45) is 0 Å². The molecule has 4 fully saturated rings. The Kier molecular flexibility index (Phi) is 5.79. The summed E-state index contributed by atoms with van der Waals surface area (Å²) in [6.45, 7) is 4.29. The van der Waals surface area contributed by atoms with Gasteiger partial charge >= 0.3 is 0 Å². The molecule has 6 heterocycles. The van der Waals surface area contributed by atoms with Gasteiger partial charge < -0.3 is 25.4 Å². The number of pyridine rings is 1. The quantitative estimate of drug-likeness (QED) is 0.514. The van der Waals surface area contributed by atoms with Gasteiger partial charge in [0.2, 0.25) is 0 Å². The zero-order chi connectivity index (χ0) is 25.6. The molecule has 4 saturated heterocycles. The van der Waals surface area contributed by atoms with Crippen LogP contribution in [0.3, 0.4) is 0 Å². The molecule has 4 aliphatic heterocycles. The lowest BCUT2D eigenvalue weighted by molar-refractivity contribution is 0.0363. The van der Waals surface area contributed by atoms with Crippen molar-refractivity contribution in [1.82, 2.24) is 20.1 Å². The van der Waals surface area contributed by atoms with E-state index in [-0.39, 0.29) is 5.75 Å². The van der Waals surface area contributed by atoms with Crippen LogP contribution < -0.4 is 15.5 Å². The summed E-state index contributed by atoms with van der Waals surface area (Å²) in [4.78, 5) is 11.8. The number of aromatic hydroxyl groups is 1. The number of aromatic nitrogens is 3. The van der Waals surface area contributed by atoms with Crippen molar-refractivity contribution in [3.63, 3.8) is 0 Å². The van der Waals surface area contributed by atoms with E-state index in [0.29, 0.717) is 41.3 Å². The summed E-state index contributed by atoms with van der Waals surface area (Å²) >= 11 is 0. The highest BCUT2D eigenvalue weighted by atomic mass is 16.5. The van der Waals surface area contributed by atoms with Gasteiger partial charge in [0.15, 0.2) is 5.82 Å². The number of nitrogen functional groups attached to an aromatic ring is 1. The van der Waals surface area contributed by atoms with E-state index in [9.17, 15) is 5.11 Å². The minimum atomic E-state index is 0.181. The highest BCUT2D eigenvalue weighted by Gasteiger charge is 2.41. The number of phenols is 1. The van der Waals surface area contributed by atoms with Gasteiger partial charge in [-0.15, -0.1) is 10.2 Å². The molecule has 4 bridgehead atoms. The molecule has 4 atom stereocenters. The van der Waals surface area contributed by atoms with Gasteiger partial charge in [-0.3, -0.25) is 4.90 Å². The number of fused-ring (bicyclic) bond motifs is 4. The van der Waals surface area contributed by atoms with Crippen LogP contribution in [-0.4, -0.2) is 82.2 Å². The Morgan fingerprint density at radius 1 is 1.03 bits per heavy atom. The van der Waals surface area contributed by atoms with Crippen molar-refractivity contribution < 1.29 is 9.84 Å². The van der Waals surface area contributed by atoms with Crippen LogP contribution in [0.4, 0.5) is 17.2 Å². The van der Waals surface area contributed by atoms with Crippen molar-refractivity contribution in [3.05, 3.63) is 54.4 Å².